The van der Waals surface area contributed by atoms with Crippen LogP contribution in [-0.4, -0.2) is 33.6 Å². The van der Waals surface area contributed by atoms with Crippen LogP contribution in [-0.2, 0) is 9.53 Å². The molecule has 1 aliphatic carbocycles. The summed E-state index contributed by atoms with van der Waals surface area (Å²) >= 11 is 12.1. The molecule has 1 saturated carbocycles. The Labute approximate surface area is 196 Å². The lowest BCUT2D eigenvalue weighted by Gasteiger charge is -2.30. The number of anilines is 1. The molecule has 1 fully saturated rings. The summed E-state index contributed by atoms with van der Waals surface area (Å²) in [7, 11) is 0. The van der Waals surface area contributed by atoms with E-state index in [1.165, 1.54) is 18.3 Å². The second-order valence-corrected chi connectivity index (χ2v) is 9.44. The third kappa shape index (κ3) is 6.29. The fourth-order valence-corrected chi connectivity index (χ4v) is 3.97. The van der Waals surface area contributed by atoms with Crippen molar-refractivity contribution in [2.45, 2.75) is 58.1 Å². The van der Waals surface area contributed by atoms with Crippen LogP contribution in [0.3, 0.4) is 0 Å². The molecule has 2 atom stereocenters. The van der Waals surface area contributed by atoms with Crippen molar-refractivity contribution in [2.24, 2.45) is 5.92 Å². The first-order valence-corrected chi connectivity index (χ1v) is 11.1. The Kier molecular flexibility index (Phi) is 7.56. The number of nitrogens with one attached hydrogen (secondary N) is 2. The Morgan fingerprint density at radius 2 is 1.94 bits per heavy atom. The molecule has 0 saturated heterocycles. The van der Waals surface area contributed by atoms with Crippen molar-refractivity contribution in [3.63, 3.8) is 0 Å². The van der Waals surface area contributed by atoms with Crippen LogP contribution in [0.15, 0.2) is 24.5 Å². The Balaban J connectivity index is 1.68. The number of nitrogens with zero attached hydrogens (tertiary/aromatic N) is 2. The molecule has 2 heterocycles. The Hall–Kier alpha value is -2.45. The van der Waals surface area contributed by atoms with E-state index in [0.717, 1.165) is 19.0 Å². The molecule has 0 spiro atoms. The summed E-state index contributed by atoms with van der Waals surface area (Å²) in [5.41, 5.74) is -0.0947. The molecule has 0 aliphatic heterocycles. The zero-order valence-electron chi connectivity index (χ0n) is 18.0. The number of rotatable bonds is 4. The summed E-state index contributed by atoms with van der Waals surface area (Å²) in [4.78, 5) is 32.7. The van der Waals surface area contributed by atoms with Gasteiger partial charge in [0.15, 0.2) is 0 Å². The highest BCUT2D eigenvalue weighted by Crippen LogP contribution is 2.34. The molecule has 7 nitrogen and oxygen atoms in total. The summed E-state index contributed by atoms with van der Waals surface area (Å²) in [6.07, 6.45) is 4.64. The fourth-order valence-electron chi connectivity index (χ4n) is 3.60. The van der Waals surface area contributed by atoms with Gasteiger partial charge in [0.05, 0.1) is 11.2 Å². The number of ether oxygens (including phenoxy) is 1. The first-order chi connectivity index (χ1) is 15.0. The third-order valence-corrected chi connectivity index (χ3v) is 5.78. The quantitative estimate of drug-likeness (QED) is 0.552. The van der Waals surface area contributed by atoms with E-state index in [9.17, 15) is 14.0 Å². The minimum absolute atomic E-state index is 0.0525. The topological polar surface area (TPSA) is 93.2 Å². The van der Waals surface area contributed by atoms with Gasteiger partial charge in [-0.3, -0.25) is 4.79 Å². The van der Waals surface area contributed by atoms with E-state index in [2.05, 4.69) is 20.6 Å². The number of carbonyl (C=O) groups excluding carboxylic acids is 2. The number of carbonyl (C=O) groups is 2. The zero-order chi connectivity index (χ0) is 23.5. The summed E-state index contributed by atoms with van der Waals surface area (Å²) in [6, 6.07) is 2.78. The van der Waals surface area contributed by atoms with E-state index in [-0.39, 0.29) is 39.4 Å². The lowest BCUT2D eigenvalue weighted by Crippen LogP contribution is -2.43. The van der Waals surface area contributed by atoms with Crippen LogP contribution in [0.25, 0.3) is 11.1 Å². The molecule has 10 heteroatoms. The van der Waals surface area contributed by atoms with E-state index in [1.54, 1.807) is 20.8 Å². The highest BCUT2D eigenvalue weighted by atomic mass is 35.5. The maximum atomic E-state index is 14.4. The van der Waals surface area contributed by atoms with Gasteiger partial charge in [0, 0.05) is 29.3 Å². The Morgan fingerprint density at radius 1 is 1.19 bits per heavy atom. The van der Waals surface area contributed by atoms with Gasteiger partial charge >= 0.3 is 6.09 Å². The number of aromatic nitrogens is 2. The van der Waals surface area contributed by atoms with E-state index in [1.807, 2.05) is 0 Å². The van der Waals surface area contributed by atoms with Gasteiger partial charge < -0.3 is 15.4 Å². The van der Waals surface area contributed by atoms with Crippen LogP contribution < -0.4 is 10.6 Å². The molecular formula is C22H25Cl2FN4O3. The van der Waals surface area contributed by atoms with Crippen molar-refractivity contribution in [2.75, 3.05) is 5.32 Å². The monoisotopic (exact) mass is 482 g/mol. The molecule has 2 N–H and O–H groups in total. The largest absolute Gasteiger partial charge is 0.444 e. The molecule has 1 aliphatic rings. The maximum absolute atomic E-state index is 14.4. The maximum Gasteiger partial charge on any atom is 0.407 e. The van der Waals surface area contributed by atoms with Gasteiger partial charge in [-0.1, -0.05) is 29.6 Å². The predicted molar refractivity (Wildman–Crippen MR) is 121 cm³/mol. The molecule has 2 amide bonds. The smallest absolute Gasteiger partial charge is 0.407 e. The average Bonchev–Trinajstić information content (AvgIpc) is 2.70. The second kappa shape index (κ2) is 10.0. The van der Waals surface area contributed by atoms with Crippen LogP contribution in [0, 0.1) is 11.7 Å². The molecular weight excluding hydrogens is 458 g/mol. The summed E-state index contributed by atoms with van der Waals surface area (Å²) in [5.74, 6) is -0.980. The van der Waals surface area contributed by atoms with E-state index < -0.39 is 17.5 Å². The van der Waals surface area contributed by atoms with Crippen molar-refractivity contribution >= 4 is 41.0 Å². The van der Waals surface area contributed by atoms with Gasteiger partial charge in [0.2, 0.25) is 5.91 Å². The Bertz CT molecular complexity index is 1010. The number of pyridine rings is 2. The molecule has 32 heavy (non-hydrogen) atoms. The number of halogens is 3. The molecule has 2 aromatic heterocycles. The predicted octanol–water partition coefficient (Wildman–Crippen LogP) is 5.61. The van der Waals surface area contributed by atoms with Crippen LogP contribution in [0.2, 0.25) is 10.2 Å². The Morgan fingerprint density at radius 3 is 2.66 bits per heavy atom. The van der Waals surface area contributed by atoms with Gasteiger partial charge in [-0.2, -0.15) is 0 Å². The van der Waals surface area contributed by atoms with Gasteiger partial charge in [-0.25, -0.2) is 19.2 Å². The van der Waals surface area contributed by atoms with Crippen molar-refractivity contribution < 1.29 is 18.7 Å². The molecule has 172 valence electrons. The van der Waals surface area contributed by atoms with Gasteiger partial charge in [0.1, 0.15) is 22.4 Å². The second-order valence-electron chi connectivity index (χ2n) is 8.71. The van der Waals surface area contributed by atoms with E-state index in [0.29, 0.717) is 18.4 Å². The van der Waals surface area contributed by atoms with Crippen molar-refractivity contribution in [1.29, 1.82) is 0 Å². The van der Waals surface area contributed by atoms with E-state index >= 15 is 0 Å². The average molecular weight is 483 g/mol. The summed E-state index contributed by atoms with van der Waals surface area (Å²) in [6.45, 7) is 5.38. The van der Waals surface area contributed by atoms with Gasteiger partial charge in [-0.05, 0) is 52.2 Å². The van der Waals surface area contributed by atoms with Crippen molar-refractivity contribution in [3.8, 4) is 11.1 Å². The lowest BCUT2D eigenvalue weighted by molar-refractivity contribution is -0.121. The van der Waals surface area contributed by atoms with Crippen molar-refractivity contribution in [1.82, 2.24) is 15.3 Å². The van der Waals surface area contributed by atoms with Crippen LogP contribution >= 0.6 is 23.2 Å². The molecule has 2 aromatic rings. The zero-order valence-corrected chi connectivity index (χ0v) is 19.6. The van der Waals surface area contributed by atoms with Crippen LogP contribution in [0.4, 0.5) is 15.0 Å². The molecule has 0 bridgehead atoms. The molecule has 3 rings (SSSR count). The molecule has 0 radical (unpaired) electrons. The number of hydrogen-bond acceptors (Lipinski definition) is 5. The normalized spacial score (nSPS) is 18.7. The third-order valence-electron chi connectivity index (χ3n) is 5.01. The minimum Gasteiger partial charge on any atom is -0.444 e. The van der Waals surface area contributed by atoms with Gasteiger partial charge in [0.25, 0.3) is 0 Å². The SMILES string of the molecule is CC(C)(C)OC(=O)NC1CCCC(C(=O)Nc2cc(-c3ccnc(Cl)c3Cl)c(F)cn2)C1. The minimum atomic E-state index is -0.605. The first kappa shape index (κ1) is 24.2. The number of amides is 2. The highest BCUT2D eigenvalue weighted by molar-refractivity contribution is 6.43. The lowest BCUT2D eigenvalue weighted by atomic mass is 9.85. The van der Waals surface area contributed by atoms with E-state index in [4.69, 9.17) is 27.9 Å². The summed E-state index contributed by atoms with van der Waals surface area (Å²) in [5, 5.41) is 5.74. The molecule has 2 unspecified atom stereocenters. The number of hydrogen-bond donors (Lipinski definition) is 2. The van der Waals surface area contributed by atoms with Crippen molar-refractivity contribution in [3.05, 3.63) is 40.5 Å². The number of alkyl carbamates (subject to hydrolysis) is 1. The standard InChI is InChI=1S/C22H25Cl2FN4O3/c1-22(2,3)32-21(31)28-13-6-4-5-12(9-13)20(30)29-17-10-15(16(25)11-27-17)14-7-8-26-19(24)18(14)23/h7-8,10-13H,4-6,9H2,1-3H3,(H,28,31)(H,27,29,30). The fraction of sp³-hybridized carbons (Fsp3) is 0.455. The van der Waals surface area contributed by atoms with Crippen LogP contribution in [0.5, 0.6) is 0 Å². The molecule has 0 aromatic carbocycles. The van der Waals surface area contributed by atoms with Gasteiger partial charge in [-0.15, -0.1) is 0 Å². The first-order valence-electron chi connectivity index (χ1n) is 10.3. The van der Waals surface area contributed by atoms with Crippen LogP contribution in [0.1, 0.15) is 46.5 Å². The summed E-state index contributed by atoms with van der Waals surface area (Å²) < 4.78 is 19.7. The highest BCUT2D eigenvalue weighted by Gasteiger charge is 2.29.